The van der Waals surface area contributed by atoms with E-state index < -0.39 is 0 Å². The van der Waals surface area contributed by atoms with Crippen molar-refractivity contribution in [2.45, 2.75) is 39.5 Å². The molecule has 0 saturated heterocycles. The predicted molar refractivity (Wildman–Crippen MR) is 83.2 cm³/mol. The lowest BCUT2D eigenvalue weighted by Gasteiger charge is -2.33. The molecule has 0 spiro atoms. The summed E-state index contributed by atoms with van der Waals surface area (Å²) >= 11 is 0. The van der Waals surface area contributed by atoms with Gasteiger partial charge in [-0.3, -0.25) is 20.4 Å². The van der Waals surface area contributed by atoms with E-state index >= 15 is 0 Å². The Morgan fingerprint density at radius 3 is 1.50 bits per heavy atom. The molecule has 2 saturated carbocycles. The maximum absolute atomic E-state index is 12.6. The molecule has 0 heterocycles. The van der Waals surface area contributed by atoms with Crippen molar-refractivity contribution in [2.24, 2.45) is 34.5 Å². The summed E-state index contributed by atoms with van der Waals surface area (Å²) in [7, 11) is 0. The van der Waals surface area contributed by atoms with Crippen LogP contribution in [0.15, 0.2) is 24.3 Å². The van der Waals surface area contributed by atoms with Crippen molar-refractivity contribution in [1.29, 1.82) is 0 Å². The molecule has 0 aliphatic heterocycles. The Morgan fingerprint density at radius 1 is 0.818 bits per heavy atom. The van der Waals surface area contributed by atoms with Crippen LogP contribution >= 0.6 is 0 Å². The van der Waals surface area contributed by atoms with Crippen LogP contribution < -0.4 is 10.9 Å². The number of rotatable bonds is 2. The van der Waals surface area contributed by atoms with Crippen LogP contribution in [0.2, 0.25) is 0 Å². The third-order valence-electron chi connectivity index (χ3n) is 6.68. The van der Waals surface area contributed by atoms with Gasteiger partial charge in [0.15, 0.2) is 0 Å². The number of hydrogen-bond acceptors (Lipinski definition) is 2. The highest BCUT2D eigenvalue weighted by Gasteiger charge is 2.52. The first-order valence-corrected chi connectivity index (χ1v) is 8.39. The first kappa shape index (κ1) is 14.0. The molecule has 4 rings (SSSR count). The van der Waals surface area contributed by atoms with E-state index in [1.54, 1.807) is 0 Å². The summed E-state index contributed by atoms with van der Waals surface area (Å²) in [5, 5.41) is 0. The lowest BCUT2D eigenvalue weighted by molar-refractivity contribution is -0.140. The van der Waals surface area contributed by atoms with E-state index in [-0.39, 0.29) is 22.6 Å². The van der Waals surface area contributed by atoms with E-state index in [0.717, 1.165) is 25.7 Å². The van der Waals surface area contributed by atoms with Gasteiger partial charge < -0.3 is 0 Å². The Labute approximate surface area is 131 Å². The van der Waals surface area contributed by atoms with Crippen molar-refractivity contribution in [2.75, 3.05) is 0 Å². The predicted octanol–water partition coefficient (Wildman–Crippen LogP) is 2.34. The number of hydrazine groups is 1. The second kappa shape index (κ2) is 4.46. The van der Waals surface area contributed by atoms with Gasteiger partial charge in [-0.25, -0.2) is 0 Å². The van der Waals surface area contributed by atoms with Crippen LogP contribution in [0, 0.1) is 34.5 Å². The van der Waals surface area contributed by atoms with Gasteiger partial charge in [-0.2, -0.15) is 0 Å². The molecule has 118 valence electrons. The van der Waals surface area contributed by atoms with Gasteiger partial charge in [0.25, 0.3) is 0 Å². The van der Waals surface area contributed by atoms with Crippen molar-refractivity contribution in [1.82, 2.24) is 10.9 Å². The molecule has 4 bridgehead atoms. The van der Waals surface area contributed by atoms with E-state index in [0.29, 0.717) is 23.7 Å². The standard InChI is InChI=1S/C18H24N2O2/c1-17(9-11-3-5-13(17)7-11)15(21)19-20-16(22)18(2)10-12-4-6-14(18)8-12/h3-6,11-14H,7-10H2,1-2H3,(H,19,21)(H,20,22). The highest BCUT2D eigenvalue weighted by Crippen LogP contribution is 2.53. The molecule has 4 aliphatic rings. The second-order valence-electron chi connectivity index (χ2n) is 8.13. The monoisotopic (exact) mass is 300 g/mol. The van der Waals surface area contributed by atoms with E-state index in [9.17, 15) is 9.59 Å². The highest BCUT2D eigenvalue weighted by atomic mass is 16.2. The summed E-state index contributed by atoms with van der Waals surface area (Å²) < 4.78 is 0. The average molecular weight is 300 g/mol. The van der Waals surface area contributed by atoms with Crippen molar-refractivity contribution in [3.63, 3.8) is 0 Å². The molecule has 2 fully saturated rings. The maximum Gasteiger partial charge on any atom is 0.244 e. The molecule has 4 nitrogen and oxygen atoms in total. The summed E-state index contributed by atoms with van der Waals surface area (Å²) in [6.45, 7) is 4.04. The number of allylic oxidation sites excluding steroid dienone is 4. The largest absolute Gasteiger partial charge is 0.273 e. The van der Waals surface area contributed by atoms with Crippen LogP contribution in [0.25, 0.3) is 0 Å². The average Bonchev–Trinajstić information content (AvgIpc) is 3.23. The number of fused-ring (bicyclic) bond motifs is 4. The zero-order chi connectivity index (χ0) is 15.5. The van der Waals surface area contributed by atoms with Gasteiger partial charge in [0.1, 0.15) is 0 Å². The molecule has 0 aromatic carbocycles. The van der Waals surface area contributed by atoms with Crippen LogP contribution in [0.1, 0.15) is 39.5 Å². The van der Waals surface area contributed by atoms with Crippen LogP contribution in [0.5, 0.6) is 0 Å². The molecule has 6 atom stereocenters. The Morgan fingerprint density at radius 2 is 1.23 bits per heavy atom. The normalized spacial score (nSPS) is 47.2. The minimum absolute atomic E-state index is 0.0417. The van der Waals surface area contributed by atoms with Crippen molar-refractivity contribution in [3.05, 3.63) is 24.3 Å². The number of hydrogen-bond donors (Lipinski definition) is 2. The van der Waals surface area contributed by atoms with E-state index in [2.05, 4.69) is 35.2 Å². The third-order valence-corrected chi connectivity index (χ3v) is 6.68. The summed E-state index contributed by atoms with van der Waals surface area (Å²) in [5.41, 5.74) is 4.68. The number of carbonyl (C=O) groups excluding carboxylic acids is 2. The lowest BCUT2D eigenvalue weighted by atomic mass is 9.76. The van der Waals surface area contributed by atoms with Gasteiger partial charge in [-0.05, 0) is 49.4 Å². The minimum atomic E-state index is -0.373. The zero-order valence-electron chi connectivity index (χ0n) is 13.3. The van der Waals surface area contributed by atoms with Gasteiger partial charge in [0.2, 0.25) is 11.8 Å². The molecule has 4 aliphatic carbocycles. The summed E-state index contributed by atoms with van der Waals surface area (Å²) in [5.74, 6) is 1.61. The van der Waals surface area contributed by atoms with Gasteiger partial charge in [-0.15, -0.1) is 0 Å². The minimum Gasteiger partial charge on any atom is -0.273 e. The van der Waals surface area contributed by atoms with Crippen LogP contribution in [-0.4, -0.2) is 11.8 Å². The van der Waals surface area contributed by atoms with E-state index in [4.69, 9.17) is 0 Å². The highest BCUT2D eigenvalue weighted by molar-refractivity contribution is 5.89. The first-order chi connectivity index (χ1) is 10.4. The fraction of sp³-hybridized carbons (Fsp3) is 0.667. The summed E-state index contributed by atoms with van der Waals surface area (Å²) in [6, 6.07) is 0. The molecule has 4 heteroatoms. The topological polar surface area (TPSA) is 58.2 Å². The Hall–Kier alpha value is -1.58. The molecular weight excluding hydrogens is 276 g/mol. The molecular formula is C18H24N2O2. The van der Waals surface area contributed by atoms with Crippen LogP contribution in [0.4, 0.5) is 0 Å². The Bertz CT molecular complexity index is 544. The lowest BCUT2D eigenvalue weighted by Crippen LogP contribution is -2.54. The quantitative estimate of drug-likeness (QED) is 0.607. The first-order valence-electron chi connectivity index (χ1n) is 8.39. The molecule has 2 amide bonds. The smallest absolute Gasteiger partial charge is 0.244 e. The van der Waals surface area contributed by atoms with Crippen LogP contribution in [0.3, 0.4) is 0 Å². The molecule has 6 unspecified atom stereocenters. The zero-order valence-corrected chi connectivity index (χ0v) is 13.3. The Kier molecular flexibility index (Phi) is 2.85. The molecule has 0 aromatic rings. The van der Waals surface area contributed by atoms with Gasteiger partial charge in [0.05, 0.1) is 10.8 Å². The third kappa shape index (κ3) is 1.82. The summed E-state index contributed by atoms with van der Waals surface area (Å²) in [4.78, 5) is 25.1. The molecule has 2 N–H and O–H groups in total. The fourth-order valence-electron chi connectivity index (χ4n) is 5.11. The van der Waals surface area contributed by atoms with E-state index in [1.807, 2.05) is 13.8 Å². The fourth-order valence-corrected chi connectivity index (χ4v) is 5.11. The van der Waals surface area contributed by atoms with Gasteiger partial charge >= 0.3 is 0 Å². The van der Waals surface area contributed by atoms with Crippen molar-refractivity contribution in [3.8, 4) is 0 Å². The van der Waals surface area contributed by atoms with Gasteiger partial charge in [-0.1, -0.05) is 38.2 Å². The maximum atomic E-state index is 12.6. The van der Waals surface area contributed by atoms with Crippen LogP contribution in [-0.2, 0) is 9.59 Å². The number of amides is 2. The van der Waals surface area contributed by atoms with Crippen molar-refractivity contribution >= 4 is 11.8 Å². The molecule has 0 aromatic heterocycles. The molecule has 22 heavy (non-hydrogen) atoms. The SMILES string of the molecule is CC1(C(=O)NNC(=O)C2(C)CC3C=CC2C3)CC2C=CC1C2. The van der Waals surface area contributed by atoms with Crippen molar-refractivity contribution < 1.29 is 9.59 Å². The number of nitrogens with one attached hydrogen (secondary N) is 2. The number of carbonyl (C=O) groups is 2. The van der Waals surface area contributed by atoms with Gasteiger partial charge in [0, 0.05) is 0 Å². The Balaban J connectivity index is 1.39. The second-order valence-corrected chi connectivity index (χ2v) is 8.13. The molecule has 0 radical (unpaired) electrons. The van der Waals surface area contributed by atoms with E-state index in [1.165, 1.54) is 0 Å². The summed E-state index contributed by atoms with van der Waals surface area (Å²) in [6.07, 6.45) is 12.7.